The van der Waals surface area contributed by atoms with Gasteiger partial charge in [-0.05, 0) is 39.2 Å². The summed E-state index contributed by atoms with van der Waals surface area (Å²) in [6, 6.07) is 3.77. The number of carbonyl (C=O) groups excluding carboxylic acids is 1. The molecular formula is C20H28N4O4. The van der Waals surface area contributed by atoms with Gasteiger partial charge in [0.15, 0.2) is 11.5 Å². The first-order valence-electron chi connectivity index (χ1n) is 9.37. The maximum Gasteiger partial charge on any atom is 0.407 e. The number of anilines is 1. The number of methoxy groups -OCH3 is 2. The van der Waals surface area contributed by atoms with Crippen LogP contribution in [-0.4, -0.2) is 55.5 Å². The largest absolute Gasteiger partial charge is 0.493 e. The highest BCUT2D eigenvalue weighted by Gasteiger charge is 2.29. The van der Waals surface area contributed by atoms with Crippen LogP contribution in [0.15, 0.2) is 18.5 Å². The monoisotopic (exact) mass is 388 g/mol. The number of amides is 1. The van der Waals surface area contributed by atoms with Crippen LogP contribution in [-0.2, 0) is 4.74 Å². The van der Waals surface area contributed by atoms with Gasteiger partial charge in [-0.1, -0.05) is 0 Å². The van der Waals surface area contributed by atoms with Gasteiger partial charge in [-0.2, -0.15) is 0 Å². The standard InChI is InChI=1S/C20H28N4O4/c1-20(2,3)23-19(25)28-7-6-13-10-24(11-13)18-14-8-16(26-4)17(27-5)9-15(14)21-12-22-18/h8-9,12-13H,6-7,10-11H2,1-5H3,(H,23,25). The number of aromatic nitrogens is 2. The predicted molar refractivity (Wildman–Crippen MR) is 107 cm³/mol. The Balaban J connectivity index is 1.58. The molecule has 0 atom stereocenters. The Kier molecular flexibility index (Phi) is 5.76. The van der Waals surface area contributed by atoms with Crippen LogP contribution in [0.3, 0.4) is 0 Å². The minimum absolute atomic E-state index is 0.290. The summed E-state index contributed by atoms with van der Waals surface area (Å²) in [4.78, 5) is 22.7. The van der Waals surface area contributed by atoms with Gasteiger partial charge >= 0.3 is 6.09 Å². The average Bonchev–Trinajstić information content (AvgIpc) is 2.60. The molecule has 1 aromatic heterocycles. The molecule has 1 N–H and O–H groups in total. The maximum absolute atomic E-state index is 11.7. The molecule has 0 radical (unpaired) electrons. The van der Waals surface area contributed by atoms with Crippen LogP contribution in [0.5, 0.6) is 11.5 Å². The molecule has 0 aliphatic carbocycles. The van der Waals surface area contributed by atoms with Gasteiger partial charge in [0.25, 0.3) is 0 Å². The predicted octanol–water partition coefficient (Wildman–Crippen LogP) is 3.00. The fourth-order valence-corrected chi connectivity index (χ4v) is 3.21. The van der Waals surface area contributed by atoms with Crippen molar-refractivity contribution < 1.29 is 19.0 Å². The lowest BCUT2D eigenvalue weighted by molar-refractivity contribution is 0.128. The summed E-state index contributed by atoms with van der Waals surface area (Å²) in [7, 11) is 3.22. The third-order valence-electron chi connectivity index (χ3n) is 4.61. The van der Waals surface area contributed by atoms with Crippen LogP contribution in [0.4, 0.5) is 10.6 Å². The second kappa shape index (κ2) is 8.08. The van der Waals surface area contributed by atoms with Crippen LogP contribution in [0.2, 0.25) is 0 Å². The molecule has 28 heavy (non-hydrogen) atoms. The Morgan fingerprint density at radius 2 is 1.86 bits per heavy atom. The molecular weight excluding hydrogens is 360 g/mol. The normalized spacial score (nSPS) is 14.5. The van der Waals surface area contributed by atoms with Gasteiger partial charge in [-0.15, -0.1) is 0 Å². The summed E-state index contributed by atoms with van der Waals surface area (Å²) in [5, 5.41) is 3.72. The highest BCUT2D eigenvalue weighted by Crippen LogP contribution is 2.36. The second-order valence-electron chi connectivity index (χ2n) is 7.99. The zero-order chi connectivity index (χ0) is 20.3. The number of nitrogens with zero attached hydrogens (tertiary/aromatic N) is 3. The Morgan fingerprint density at radius 1 is 1.18 bits per heavy atom. The molecule has 1 saturated heterocycles. The van der Waals surface area contributed by atoms with E-state index in [4.69, 9.17) is 14.2 Å². The number of fused-ring (bicyclic) bond motifs is 1. The fourth-order valence-electron chi connectivity index (χ4n) is 3.21. The number of hydrogen-bond acceptors (Lipinski definition) is 7. The van der Waals surface area contributed by atoms with Crippen molar-refractivity contribution in [2.24, 2.45) is 5.92 Å². The number of nitrogens with one attached hydrogen (secondary N) is 1. The lowest BCUT2D eigenvalue weighted by Gasteiger charge is -2.40. The molecule has 1 amide bonds. The van der Waals surface area contributed by atoms with Gasteiger partial charge < -0.3 is 24.4 Å². The first-order chi connectivity index (χ1) is 13.3. The van der Waals surface area contributed by atoms with Crippen LogP contribution in [0.25, 0.3) is 10.9 Å². The van der Waals surface area contributed by atoms with Gasteiger partial charge in [0.05, 0.1) is 26.3 Å². The number of benzene rings is 1. The van der Waals surface area contributed by atoms with Gasteiger partial charge in [-0.3, -0.25) is 0 Å². The molecule has 1 fully saturated rings. The second-order valence-corrected chi connectivity index (χ2v) is 7.99. The summed E-state index contributed by atoms with van der Waals surface area (Å²) in [5.41, 5.74) is 0.524. The Bertz CT molecular complexity index is 844. The van der Waals surface area contributed by atoms with Crippen LogP contribution < -0.4 is 19.7 Å². The maximum atomic E-state index is 11.7. The van der Waals surface area contributed by atoms with Gasteiger partial charge in [0.1, 0.15) is 12.1 Å². The first kappa shape index (κ1) is 20.0. The summed E-state index contributed by atoms with van der Waals surface area (Å²) < 4.78 is 16.0. The van der Waals surface area contributed by atoms with Gasteiger partial charge in [0.2, 0.25) is 0 Å². The van der Waals surface area contributed by atoms with E-state index in [2.05, 4.69) is 20.2 Å². The van der Waals surface area contributed by atoms with Crippen molar-refractivity contribution in [3.05, 3.63) is 18.5 Å². The number of ether oxygens (including phenoxy) is 3. The molecule has 0 bridgehead atoms. The summed E-state index contributed by atoms with van der Waals surface area (Å²) >= 11 is 0. The molecule has 8 heteroatoms. The zero-order valence-corrected chi connectivity index (χ0v) is 17.1. The molecule has 1 aliphatic heterocycles. The van der Waals surface area contributed by atoms with Crippen molar-refractivity contribution >= 4 is 22.8 Å². The summed E-state index contributed by atoms with van der Waals surface area (Å²) in [5.74, 6) is 2.65. The van der Waals surface area contributed by atoms with Crippen molar-refractivity contribution in [1.29, 1.82) is 0 Å². The summed E-state index contributed by atoms with van der Waals surface area (Å²) in [6.07, 6.45) is 2.02. The molecule has 152 valence electrons. The quantitative estimate of drug-likeness (QED) is 0.814. The Morgan fingerprint density at radius 3 is 2.50 bits per heavy atom. The van der Waals surface area contributed by atoms with E-state index in [1.165, 1.54) is 0 Å². The van der Waals surface area contributed by atoms with E-state index >= 15 is 0 Å². The van der Waals surface area contributed by atoms with E-state index in [-0.39, 0.29) is 11.6 Å². The van der Waals surface area contributed by atoms with E-state index in [1.807, 2.05) is 32.9 Å². The third kappa shape index (κ3) is 4.55. The Labute approximate surface area is 165 Å². The van der Waals surface area contributed by atoms with E-state index in [1.54, 1.807) is 20.5 Å². The molecule has 0 unspecified atom stereocenters. The minimum atomic E-state index is -0.369. The zero-order valence-electron chi connectivity index (χ0n) is 17.1. The molecule has 8 nitrogen and oxygen atoms in total. The van der Waals surface area contributed by atoms with Crippen molar-refractivity contribution in [1.82, 2.24) is 15.3 Å². The van der Waals surface area contributed by atoms with Crippen molar-refractivity contribution in [3.63, 3.8) is 0 Å². The SMILES string of the molecule is COc1cc2ncnc(N3CC(CCOC(=O)NC(C)(C)C)C3)c2cc1OC. The van der Waals surface area contributed by atoms with Gasteiger partial charge in [0, 0.05) is 30.1 Å². The number of hydrogen-bond donors (Lipinski definition) is 1. The fraction of sp³-hybridized carbons (Fsp3) is 0.550. The lowest BCUT2D eigenvalue weighted by atomic mass is 9.96. The van der Waals surface area contributed by atoms with Crippen LogP contribution in [0, 0.1) is 5.92 Å². The van der Waals surface area contributed by atoms with E-state index in [0.29, 0.717) is 24.0 Å². The smallest absolute Gasteiger partial charge is 0.407 e. The van der Waals surface area contributed by atoms with E-state index < -0.39 is 0 Å². The van der Waals surface area contributed by atoms with Crippen molar-refractivity contribution in [3.8, 4) is 11.5 Å². The average molecular weight is 388 g/mol. The first-order valence-corrected chi connectivity index (χ1v) is 9.37. The van der Waals surface area contributed by atoms with Crippen LogP contribution in [0.1, 0.15) is 27.2 Å². The molecule has 1 aliphatic rings. The summed E-state index contributed by atoms with van der Waals surface area (Å²) in [6.45, 7) is 7.92. The van der Waals surface area contributed by atoms with Crippen LogP contribution >= 0.6 is 0 Å². The minimum Gasteiger partial charge on any atom is -0.493 e. The van der Waals surface area contributed by atoms with Crippen molar-refractivity contribution in [2.45, 2.75) is 32.7 Å². The van der Waals surface area contributed by atoms with Gasteiger partial charge in [-0.25, -0.2) is 14.8 Å². The Hall–Kier alpha value is -2.77. The van der Waals surface area contributed by atoms with Crippen molar-refractivity contribution in [2.75, 3.05) is 38.8 Å². The van der Waals surface area contributed by atoms with E-state index in [9.17, 15) is 4.79 Å². The molecule has 1 aromatic carbocycles. The molecule has 3 rings (SSSR count). The number of alkyl carbamates (subject to hydrolysis) is 1. The number of rotatable bonds is 6. The molecule has 2 heterocycles. The molecule has 0 saturated carbocycles. The number of carbonyl (C=O) groups is 1. The highest BCUT2D eigenvalue weighted by molar-refractivity contribution is 5.92. The molecule has 2 aromatic rings. The van der Waals surface area contributed by atoms with E-state index in [0.717, 1.165) is 36.2 Å². The third-order valence-corrected chi connectivity index (χ3v) is 4.61. The lowest BCUT2D eigenvalue weighted by Crippen LogP contribution is -2.48. The highest BCUT2D eigenvalue weighted by atomic mass is 16.5. The molecule has 0 spiro atoms. The topological polar surface area (TPSA) is 85.8 Å².